The molecule has 0 spiro atoms. The molecule has 0 bridgehead atoms. The number of halogens is 1. The summed E-state index contributed by atoms with van der Waals surface area (Å²) in [7, 11) is 1.79. The summed E-state index contributed by atoms with van der Waals surface area (Å²) >= 11 is 0. The zero-order chi connectivity index (χ0) is 17.3. The molecule has 2 N–H and O–H groups in total. The molecule has 142 valence electrons. The van der Waals surface area contributed by atoms with Crippen molar-refractivity contribution in [1.29, 1.82) is 0 Å². The van der Waals surface area contributed by atoms with Crippen molar-refractivity contribution in [2.45, 2.75) is 32.4 Å². The molecule has 1 aliphatic heterocycles. The van der Waals surface area contributed by atoms with Crippen LogP contribution in [-0.4, -0.2) is 47.4 Å². The van der Waals surface area contributed by atoms with Crippen LogP contribution in [-0.2, 0) is 13.1 Å². The van der Waals surface area contributed by atoms with Gasteiger partial charge < -0.3 is 15.5 Å². The lowest BCUT2D eigenvalue weighted by atomic mass is 10.3. The van der Waals surface area contributed by atoms with E-state index in [0.29, 0.717) is 6.54 Å². The average Bonchev–Trinajstić information content (AvgIpc) is 3.35. The maximum absolute atomic E-state index is 4.58. The highest BCUT2D eigenvalue weighted by molar-refractivity contribution is 14.0. The van der Waals surface area contributed by atoms with Crippen LogP contribution in [0.5, 0.6) is 0 Å². The lowest BCUT2D eigenvalue weighted by molar-refractivity contribution is 0.570. The van der Waals surface area contributed by atoms with Crippen molar-refractivity contribution >= 4 is 35.8 Å². The van der Waals surface area contributed by atoms with Gasteiger partial charge in [0.25, 0.3) is 0 Å². The molecule has 0 aliphatic carbocycles. The second-order valence-electron chi connectivity index (χ2n) is 6.19. The highest BCUT2D eigenvalue weighted by Crippen LogP contribution is 2.17. The molecule has 3 rings (SSSR count). The van der Waals surface area contributed by atoms with Crippen LogP contribution in [0.3, 0.4) is 0 Å². The molecule has 0 amide bonds. The maximum atomic E-state index is 4.58. The van der Waals surface area contributed by atoms with Crippen LogP contribution in [0.15, 0.2) is 41.8 Å². The molecule has 0 saturated carbocycles. The average molecular weight is 469 g/mol. The summed E-state index contributed by atoms with van der Waals surface area (Å²) in [4.78, 5) is 11.2. The van der Waals surface area contributed by atoms with Crippen LogP contribution in [0.4, 0.5) is 5.82 Å². The third kappa shape index (κ3) is 6.15. The second kappa shape index (κ2) is 11.0. The summed E-state index contributed by atoms with van der Waals surface area (Å²) in [5.74, 6) is 1.89. The van der Waals surface area contributed by atoms with E-state index in [1.165, 1.54) is 12.8 Å². The van der Waals surface area contributed by atoms with Gasteiger partial charge in [-0.3, -0.25) is 9.67 Å². The van der Waals surface area contributed by atoms with Crippen molar-refractivity contribution < 1.29 is 0 Å². The van der Waals surface area contributed by atoms with E-state index < -0.39 is 0 Å². The van der Waals surface area contributed by atoms with Gasteiger partial charge in [-0.05, 0) is 37.0 Å². The second-order valence-corrected chi connectivity index (χ2v) is 6.19. The molecule has 8 heteroatoms. The van der Waals surface area contributed by atoms with Crippen molar-refractivity contribution in [3.8, 4) is 0 Å². The monoisotopic (exact) mass is 469 g/mol. The van der Waals surface area contributed by atoms with Crippen LogP contribution in [0, 0.1) is 0 Å². The van der Waals surface area contributed by atoms with E-state index in [2.05, 4.69) is 42.7 Å². The van der Waals surface area contributed by atoms with Crippen LogP contribution in [0.1, 0.15) is 24.8 Å². The van der Waals surface area contributed by atoms with Crippen molar-refractivity contribution in [1.82, 2.24) is 25.4 Å². The first kappa shape index (κ1) is 20.5. The van der Waals surface area contributed by atoms with Crippen molar-refractivity contribution in [3.05, 3.63) is 42.4 Å². The third-order valence-corrected chi connectivity index (χ3v) is 4.34. The van der Waals surface area contributed by atoms with E-state index in [-0.39, 0.29) is 24.0 Å². The van der Waals surface area contributed by atoms with Crippen molar-refractivity contribution in [2.24, 2.45) is 4.99 Å². The van der Waals surface area contributed by atoms with E-state index in [4.69, 9.17) is 0 Å². The fourth-order valence-electron chi connectivity index (χ4n) is 2.94. The van der Waals surface area contributed by atoms with Gasteiger partial charge in [-0.1, -0.05) is 6.07 Å². The number of aryl methyl sites for hydroxylation is 1. The Labute approximate surface area is 172 Å². The summed E-state index contributed by atoms with van der Waals surface area (Å²) < 4.78 is 1.94. The van der Waals surface area contributed by atoms with Gasteiger partial charge in [0.05, 0.1) is 0 Å². The number of hydrogen-bond donors (Lipinski definition) is 2. The first-order chi connectivity index (χ1) is 12.3. The molecule has 26 heavy (non-hydrogen) atoms. The van der Waals surface area contributed by atoms with Gasteiger partial charge in [0.2, 0.25) is 0 Å². The minimum Gasteiger partial charge on any atom is -0.357 e. The summed E-state index contributed by atoms with van der Waals surface area (Å²) in [6.45, 7) is 4.72. The molecule has 1 fully saturated rings. The number of pyridine rings is 1. The van der Waals surface area contributed by atoms with Gasteiger partial charge in [-0.25, -0.2) is 4.98 Å². The predicted molar refractivity (Wildman–Crippen MR) is 116 cm³/mol. The van der Waals surface area contributed by atoms with E-state index in [0.717, 1.165) is 49.9 Å². The van der Waals surface area contributed by atoms with Gasteiger partial charge >= 0.3 is 0 Å². The number of guanidine groups is 1. The van der Waals surface area contributed by atoms with Gasteiger partial charge in [-0.15, -0.1) is 24.0 Å². The summed E-state index contributed by atoms with van der Waals surface area (Å²) in [6.07, 6.45) is 9.27. The highest BCUT2D eigenvalue weighted by atomic mass is 127. The molecule has 2 aromatic rings. The molecular formula is C18H28IN7. The van der Waals surface area contributed by atoms with E-state index >= 15 is 0 Å². The molecule has 1 saturated heterocycles. The van der Waals surface area contributed by atoms with E-state index in [9.17, 15) is 0 Å². The fourth-order valence-corrected chi connectivity index (χ4v) is 2.94. The Morgan fingerprint density at radius 1 is 1.23 bits per heavy atom. The topological polar surface area (TPSA) is 70.4 Å². The van der Waals surface area contributed by atoms with Gasteiger partial charge in [0, 0.05) is 58.4 Å². The molecule has 0 atom stereocenters. The largest absolute Gasteiger partial charge is 0.357 e. The Bertz CT molecular complexity index is 649. The first-order valence-electron chi connectivity index (χ1n) is 8.97. The number of hydrogen-bond acceptors (Lipinski definition) is 4. The molecule has 0 unspecified atom stereocenters. The number of aliphatic imine (C=N–C) groups is 1. The lowest BCUT2D eigenvalue weighted by Gasteiger charge is -2.16. The quantitative estimate of drug-likeness (QED) is 0.282. The minimum atomic E-state index is 0. The Kier molecular flexibility index (Phi) is 8.66. The smallest absolute Gasteiger partial charge is 0.191 e. The van der Waals surface area contributed by atoms with Crippen LogP contribution < -0.4 is 15.5 Å². The SMILES string of the molecule is CN=C(NCCCn1cccn1)NCc1ccc(N2CCCC2)nc1.I. The molecule has 1 aliphatic rings. The Balaban J connectivity index is 0.00000243. The number of nitrogens with zero attached hydrogens (tertiary/aromatic N) is 5. The normalized spacial score (nSPS) is 14.2. The zero-order valence-electron chi connectivity index (χ0n) is 15.3. The van der Waals surface area contributed by atoms with Crippen molar-refractivity contribution in [2.75, 3.05) is 31.6 Å². The molecule has 3 heterocycles. The Morgan fingerprint density at radius 2 is 2.08 bits per heavy atom. The van der Waals surface area contributed by atoms with Gasteiger partial charge in [0.1, 0.15) is 5.82 Å². The fraction of sp³-hybridized carbons (Fsp3) is 0.500. The molecular weight excluding hydrogens is 441 g/mol. The van der Waals surface area contributed by atoms with Crippen LogP contribution in [0.25, 0.3) is 0 Å². The molecule has 2 aromatic heterocycles. The van der Waals surface area contributed by atoms with Gasteiger partial charge in [-0.2, -0.15) is 5.10 Å². The highest BCUT2D eigenvalue weighted by Gasteiger charge is 2.12. The van der Waals surface area contributed by atoms with E-state index in [1.807, 2.05) is 23.1 Å². The number of aromatic nitrogens is 3. The number of rotatable bonds is 7. The van der Waals surface area contributed by atoms with Gasteiger partial charge in [0.15, 0.2) is 5.96 Å². The molecule has 7 nitrogen and oxygen atoms in total. The summed E-state index contributed by atoms with van der Waals surface area (Å²) in [5, 5.41) is 10.9. The third-order valence-electron chi connectivity index (χ3n) is 4.34. The number of anilines is 1. The number of nitrogens with one attached hydrogen (secondary N) is 2. The van der Waals surface area contributed by atoms with Crippen LogP contribution >= 0.6 is 24.0 Å². The standard InChI is InChI=1S/C18H27N7.HI/c1-19-18(20-8-4-12-25-13-5-9-23-25)22-15-16-6-7-17(21-14-16)24-10-2-3-11-24;/h5-7,9,13-14H,2-4,8,10-12,15H2,1H3,(H2,19,20,22);1H. The summed E-state index contributed by atoms with van der Waals surface area (Å²) in [5.41, 5.74) is 1.16. The minimum absolute atomic E-state index is 0. The Hall–Kier alpha value is -1.84. The van der Waals surface area contributed by atoms with Crippen molar-refractivity contribution in [3.63, 3.8) is 0 Å². The van der Waals surface area contributed by atoms with E-state index in [1.54, 1.807) is 13.2 Å². The van der Waals surface area contributed by atoms with Crippen LogP contribution in [0.2, 0.25) is 0 Å². The predicted octanol–water partition coefficient (Wildman–Crippen LogP) is 2.25. The maximum Gasteiger partial charge on any atom is 0.191 e. The lowest BCUT2D eigenvalue weighted by Crippen LogP contribution is -2.37. The summed E-state index contributed by atoms with van der Waals surface area (Å²) in [6, 6.07) is 6.19. The first-order valence-corrected chi connectivity index (χ1v) is 8.97. The zero-order valence-corrected chi connectivity index (χ0v) is 17.6. The molecule has 0 aromatic carbocycles. The Morgan fingerprint density at radius 3 is 2.73 bits per heavy atom. The molecule has 0 radical (unpaired) electrons.